The van der Waals surface area contributed by atoms with Gasteiger partial charge in [-0.1, -0.05) is 6.07 Å². The van der Waals surface area contributed by atoms with Crippen molar-refractivity contribution in [2.75, 3.05) is 25.5 Å². The average Bonchev–Trinajstić information content (AvgIpc) is 2.18. The summed E-state index contributed by atoms with van der Waals surface area (Å²) in [5, 5.41) is 5.69. The molecule has 1 aromatic carbocycles. The minimum atomic E-state index is -0.0811. The molecule has 0 aliphatic rings. The fraction of sp³-hybridized carbons (Fsp3) is 0.364. The van der Waals surface area contributed by atoms with Gasteiger partial charge in [-0.2, -0.15) is 0 Å². The van der Waals surface area contributed by atoms with Gasteiger partial charge in [-0.05, 0) is 19.2 Å². The molecule has 82 valence electrons. The Morgan fingerprint density at radius 3 is 2.93 bits per heavy atom. The number of likely N-dealkylation sites (N-methyl/N-ethyl adjacent to an activating group) is 1. The summed E-state index contributed by atoms with van der Waals surface area (Å²) in [5.74, 6) is 0.680. The first-order valence-corrected chi connectivity index (χ1v) is 4.87. The summed E-state index contributed by atoms with van der Waals surface area (Å²) in [4.78, 5) is 10.8. The van der Waals surface area contributed by atoms with Crippen LogP contribution in [0.25, 0.3) is 0 Å². The summed E-state index contributed by atoms with van der Waals surface area (Å²) >= 11 is 0. The molecule has 0 unspecified atom stereocenters. The lowest BCUT2D eigenvalue weighted by Gasteiger charge is -2.07. The molecule has 0 saturated carbocycles. The number of amides is 1. The van der Waals surface area contributed by atoms with E-state index in [2.05, 4.69) is 10.6 Å². The third-order valence-corrected chi connectivity index (χ3v) is 1.78. The summed E-state index contributed by atoms with van der Waals surface area (Å²) in [6, 6.07) is 7.34. The highest BCUT2D eigenvalue weighted by Crippen LogP contribution is 2.16. The number of ether oxygens (including phenoxy) is 1. The summed E-state index contributed by atoms with van der Waals surface area (Å²) in [6.07, 6.45) is 0. The second kappa shape index (κ2) is 6.03. The SMILES string of the molecule is CNCCOc1cccc(NC(C)=O)c1. The van der Waals surface area contributed by atoms with Crippen LogP contribution < -0.4 is 15.4 Å². The Hall–Kier alpha value is -1.55. The van der Waals surface area contributed by atoms with E-state index in [0.29, 0.717) is 6.61 Å². The zero-order chi connectivity index (χ0) is 11.1. The lowest BCUT2D eigenvalue weighted by molar-refractivity contribution is -0.114. The van der Waals surface area contributed by atoms with E-state index in [1.165, 1.54) is 6.92 Å². The van der Waals surface area contributed by atoms with E-state index in [-0.39, 0.29) is 5.91 Å². The molecule has 0 radical (unpaired) electrons. The maximum atomic E-state index is 10.8. The van der Waals surface area contributed by atoms with E-state index in [0.717, 1.165) is 18.0 Å². The third kappa shape index (κ3) is 4.46. The van der Waals surface area contributed by atoms with Crippen molar-refractivity contribution in [1.29, 1.82) is 0 Å². The highest BCUT2D eigenvalue weighted by molar-refractivity contribution is 5.88. The van der Waals surface area contributed by atoms with Crippen molar-refractivity contribution >= 4 is 11.6 Å². The van der Waals surface area contributed by atoms with Crippen molar-refractivity contribution in [3.8, 4) is 5.75 Å². The van der Waals surface area contributed by atoms with Gasteiger partial charge in [0.1, 0.15) is 12.4 Å². The van der Waals surface area contributed by atoms with Crippen LogP contribution in [0.15, 0.2) is 24.3 Å². The minimum absolute atomic E-state index is 0.0811. The molecule has 0 aromatic heterocycles. The highest BCUT2D eigenvalue weighted by atomic mass is 16.5. The van der Waals surface area contributed by atoms with Crippen LogP contribution in [0.4, 0.5) is 5.69 Å². The molecule has 0 fully saturated rings. The zero-order valence-electron chi connectivity index (χ0n) is 9.04. The van der Waals surface area contributed by atoms with Gasteiger partial charge < -0.3 is 15.4 Å². The molecule has 0 saturated heterocycles. The molecule has 15 heavy (non-hydrogen) atoms. The minimum Gasteiger partial charge on any atom is -0.492 e. The number of hydrogen-bond donors (Lipinski definition) is 2. The number of carbonyl (C=O) groups is 1. The molecule has 0 spiro atoms. The van der Waals surface area contributed by atoms with Crippen molar-refractivity contribution in [3.05, 3.63) is 24.3 Å². The van der Waals surface area contributed by atoms with Crippen LogP contribution in [-0.2, 0) is 4.79 Å². The highest BCUT2D eigenvalue weighted by Gasteiger charge is 1.97. The number of nitrogens with one attached hydrogen (secondary N) is 2. The summed E-state index contributed by atoms with van der Waals surface area (Å²) in [5.41, 5.74) is 0.754. The van der Waals surface area contributed by atoms with Gasteiger partial charge in [0.25, 0.3) is 0 Å². The molecular formula is C11H16N2O2. The Balaban J connectivity index is 2.53. The van der Waals surface area contributed by atoms with Crippen molar-refractivity contribution in [3.63, 3.8) is 0 Å². The Morgan fingerprint density at radius 2 is 2.27 bits per heavy atom. The maximum Gasteiger partial charge on any atom is 0.221 e. The molecule has 0 aliphatic heterocycles. The lowest BCUT2D eigenvalue weighted by atomic mass is 10.3. The molecule has 2 N–H and O–H groups in total. The number of rotatable bonds is 5. The fourth-order valence-electron chi connectivity index (χ4n) is 1.14. The normalized spacial score (nSPS) is 9.73. The largest absolute Gasteiger partial charge is 0.492 e. The zero-order valence-corrected chi connectivity index (χ0v) is 9.04. The summed E-state index contributed by atoms with van der Waals surface area (Å²) in [7, 11) is 1.87. The van der Waals surface area contributed by atoms with Crippen LogP contribution in [0.2, 0.25) is 0 Å². The smallest absolute Gasteiger partial charge is 0.221 e. The van der Waals surface area contributed by atoms with Gasteiger partial charge in [0.2, 0.25) is 5.91 Å². The second-order valence-corrected chi connectivity index (χ2v) is 3.16. The molecule has 0 heterocycles. The number of carbonyl (C=O) groups excluding carboxylic acids is 1. The number of benzene rings is 1. The van der Waals surface area contributed by atoms with E-state index in [9.17, 15) is 4.79 Å². The van der Waals surface area contributed by atoms with Gasteiger partial charge in [-0.15, -0.1) is 0 Å². The third-order valence-electron chi connectivity index (χ3n) is 1.78. The van der Waals surface area contributed by atoms with E-state index in [4.69, 9.17) is 4.74 Å². The Kier molecular flexibility index (Phi) is 4.63. The van der Waals surface area contributed by atoms with E-state index >= 15 is 0 Å². The predicted octanol–water partition coefficient (Wildman–Crippen LogP) is 1.24. The first kappa shape index (κ1) is 11.5. The Morgan fingerprint density at radius 1 is 1.47 bits per heavy atom. The quantitative estimate of drug-likeness (QED) is 0.716. The first-order valence-electron chi connectivity index (χ1n) is 4.87. The molecule has 0 aliphatic carbocycles. The van der Waals surface area contributed by atoms with E-state index in [1.807, 2.05) is 25.2 Å². The molecule has 1 rings (SSSR count). The molecule has 0 bridgehead atoms. The summed E-state index contributed by atoms with van der Waals surface area (Å²) in [6.45, 7) is 2.89. The van der Waals surface area contributed by atoms with Crippen LogP contribution >= 0.6 is 0 Å². The average molecular weight is 208 g/mol. The summed E-state index contributed by atoms with van der Waals surface area (Å²) < 4.78 is 5.45. The molecule has 1 aromatic rings. The monoisotopic (exact) mass is 208 g/mol. The van der Waals surface area contributed by atoms with Gasteiger partial charge in [-0.25, -0.2) is 0 Å². The van der Waals surface area contributed by atoms with Crippen LogP contribution in [0.3, 0.4) is 0 Å². The van der Waals surface area contributed by atoms with Crippen molar-refractivity contribution in [2.24, 2.45) is 0 Å². The van der Waals surface area contributed by atoms with Crippen LogP contribution in [0.1, 0.15) is 6.92 Å². The van der Waals surface area contributed by atoms with Gasteiger partial charge in [-0.3, -0.25) is 4.79 Å². The fourth-order valence-corrected chi connectivity index (χ4v) is 1.14. The lowest BCUT2D eigenvalue weighted by Crippen LogP contribution is -2.16. The Labute approximate surface area is 89.6 Å². The maximum absolute atomic E-state index is 10.8. The van der Waals surface area contributed by atoms with Gasteiger partial charge in [0.05, 0.1) is 0 Å². The number of anilines is 1. The second-order valence-electron chi connectivity index (χ2n) is 3.16. The molecule has 4 nitrogen and oxygen atoms in total. The van der Waals surface area contributed by atoms with E-state index < -0.39 is 0 Å². The van der Waals surface area contributed by atoms with E-state index in [1.54, 1.807) is 6.07 Å². The Bertz CT molecular complexity index is 326. The number of hydrogen-bond acceptors (Lipinski definition) is 3. The van der Waals surface area contributed by atoms with Gasteiger partial charge in [0, 0.05) is 25.2 Å². The molecule has 4 heteroatoms. The molecule has 1 amide bonds. The molecule has 0 atom stereocenters. The van der Waals surface area contributed by atoms with Crippen LogP contribution in [0, 0.1) is 0 Å². The van der Waals surface area contributed by atoms with Crippen LogP contribution in [-0.4, -0.2) is 26.1 Å². The molecular weight excluding hydrogens is 192 g/mol. The van der Waals surface area contributed by atoms with Crippen LogP contribution in [0.5, 0.6) is 5.75 Å². The van der Waals surface area contributed by atoms with Crippen molar-refractivity contribution in [2.45, 2.75) is 6.92 Å². The predicted molar refractivity (Wildman–Crippen MR) is 60.2 cm³/mol. The van der Waals surface area contributed by atoms with Gasteiger partial charge >= 0.3 is 0 Å². The van der Waals surface area contributed by atoms with Gasteiger partial charge in [0.15, 0.2) is 0 Å². The van der Waals surface area contributed by atoms with Crippen molar-refractivity contribution in [1.82, 2.24) is 5.32 Å². The standard InChI is InChI=1S/C11H16N2O2/c1-9(14)13-10-4-3-5-11(8-10)15-7-6-12-2/h3-5,8,12H,6-7H2,1-2H3,(H,13,14). The topological polar surface area (TPSA) is 50.4 Å². The first-order chi connectivity index (χ1) is 7.22. The van der Waals surface area contributed by atoms with Crippen molar-refractivity contribution < 1.29 is 9.53 Å².